The van der Waals surface area contributed by atoms with Crippen LogP contribution in [0.15, 0.2) is 54.1 Å². The molecule has 2 aliphatic rings. The highest BCUT2D eigenvalue weighted by Gasteiger charge is 2.22. The normalized spacial score (nSPS) is 15.4. The molecule has 1 fully saturated rings. The summed E-state index contributed by atoms with van der Waals surface area (Å²) in [4.78, 5) is 25.3. The van der Waals surface area contributed by atoms with Crippen LogP contribution in [0.25, 0.3) is 17.7 Å². The van der Waals surface area contributed by atoms with E-state index in [9.17, 15) is 9.59 Å². The van der Waals surface area contributed by atoms with Gasteiger partial charge < -0.3 is 15.5 Å². The van der Waals surface area contributed by atoms with Gasteiger partial charge in [-0.25, -0.2) is 0 Å². The number of hydrogen-bond acceptors (Lipinski definition) is 3. The van der Waals surface area contributed by atoms with E-state index >= 15 is 0 Å². The predicted octanol–water partition coefficient (Wildman–Crippen LogP) is 4.10. The molecule has 1 aliphatic carbocycles. The van der Waals surface area contributed by atoms with Crippen LogP contribution >= 0.6 is 0 Å². The van der Waals surface area contributed by atoms with Crippen molar-refractivity contribution in [3.8, 4) is 0 Å². The van der Waals surface area contributed by atoms with Gasteiger partial charge in [-0.2, -0.15) is 0 Å². The molecule has 0 bridgehead atoms. The summed E-state index contributed by atoms with van der Waals surface area (Å²) in [5, 5.41) is 5.73. The molecular weight excluding hydrogens is 410 g/mol. The van der Waals surface area contributed by atoms with E-state index in [1.54, 1.807) is 0 Å². The molecule has 4 rings (SSSR count). The fourth-order valence-corrected chi connectivity index (χ4v) is 4.70. The number of rotatable bonds is 7. The maximum absolute atomic E-state index is 12.0. The zero-order chi connectivity index (χ0) is 23.0. The SMILES string of the molecule is CC(=O)NCCCC(=O)NCCN1CCC(=C2c3ccccc3C=Cc3ccccc32)CC1. The third-order valence-electron chi connectivity index (χ3n) is 6.42. The molecule has 0 radical (unpaired) electrons. The van der Waals surface area contributed by atoms with Gasteiger partial charge in [0, 0.05) is 46.1 Å². The van der Waals surface area contributed by atoms with Gasteiger partial charge in [-0.1, -0.05) is 66.3 Å². The molecule has 0 atom stereocenters. The number of carbonyl (C=O) groups is 2. The second-order valence-corrected chi connectivity index (χ2v) is 8.76. The van der Waals surface area contributed by atoms with Crippen molar-refractivity contribution < 1.29 is 9.59 Å². The molecule has 0 saturated carbocycles. The van der Waals surface area contributed by atoms with Crippen LogP contribution in [0.2, 0.25) is 0 Å². The van der Waals surface area contributed by atoms with E-state index in [2.05, 4.69) is 76.2 Å². The number of likely N-dealkylation sites (tertiary alicyclic amines) is 1. The summed E-state index contributed by atoms with van der Waals surface area (Å²) >= 11 is 0. The first-order valence-electron chi connectivity index (χ1n) is 11.9. The van der Waals surface area contributed by atoms with Gasteiger partial charge >= 0.3 is 0 Å². The molecule has 0 unspecified atom stereocenters. The highest BCUT2D eigenvalue weighted by atomic mass is 16.2. The summed E-state index contributed by atoms with van der Waals surface area (Å²) < 4.78 is 0. The lowest BCUT2D eigenvalue weighted by molar-refractivity contribution is -0.122. The first-order chi connectivity index (χ1) is 16.1. The maximum atomic E-state index is 12.0. The molecule has 2 N–H and O–H groups in total. The Morgan fingerprint density at radius 1 is 0.848 bits per heavy atom. The van der Waals surface area contributed by atoms with Gasteiger partial charge in [0.2, 0.25) is 11.8 Å². The van der Waals surface area contributed by atoms with Crippen molar-refractivity contribution in [2.24, 2.45) is 0 Å². The molecule has 2 amide bonds. The number of fused-ring (bicyclic) bond motifs is 2. The van der Waals surface area contributed by atoms with Crippen LogP contribution in [0.5, 0.6) is 0 Å². The molecule has 0 spiro atoms. The number of nitrogens with zero attached hydrogens (tertiary/aromatic N) is 1. The van der Waals surface area contributed by atoms with E-state index in [4.69, 9.17) is 0 Å². The third kappa shape index (κ3) is 5.99. The molecule has 0 aromatic heterocycles. The molecule has 172 valence electrons. The Hall–Kier alpha value is -3.18. The Morgan fingerprint density at radius 2 is 1.45 bits per heavy atom. The Labute approximate surface area is 196 Å². The summed E-state index contributed by atoms with van der Waals surface area (Å²) in [5.74, 6) is 0.00118. The number of amides is 2. The van der Waals surface area contributed by atoms with Crippen molar-refractivity contribution in [3.05, 3.63) is 76.4 Å². The molecule has 1 aliphatic heterocycles. The van der Waals surface area contributed by atoms with E-state index in [0.29, 0.717) is 25.9 Å². The second-order valence-electron chi connectivity index (χ2n) is 8.76. The minimum absolute atomic E-state index is 0.0538. The van der Waals surface area contributed by atoms with Crippen LogP contribution in [-0.4, -0.2) is 49.4 Å². The van der Waals surface area contributed by atoms with Crippen molar-refractivity contribution in [3.63, 3.8) is 0 Å². The van der Waals surface area contributed by atoms with E-state index in [-0.39, 0.29) is 11.8 Å². The fourth-order valence-electron chi connectivity index (χ4n) is 4.70. The lowest BCUT2D eigenvalue weighted by Crippen LogP contribution is -2.38. The molecule has 5 heteroatoms. The van der Waals surface area contributed by atoms with E-state index in [0.717, 1.165) is 32.5 Å². The van der Waals surface area contributed by atoms with Crippen LogP contribution in [0.3, 0.4) is 0 Å². The summed E-state index contributed by atoms with van der Waals surface area (Å²) in [6.45, 7) is 5.59. The van der Waals surface area contributed by atoms with Gasteiger partial charge in [0.05, 0.1) is 0 Å². The molecule has 5 nitrogen and oxygen atoms in total. The number of benzene rings is 2. The molecule has 1 heterocycles. The first-order valence-corrected chi connectivity index (χ1v) is 11.9. The highest BCUT2D eigenvalue weighted by Crippen LogP contribution is 2.38. The average Bonchev–Trinajstić information content (AvgIpc) is 2.99. The maximum Gasteiger partial charge on any atom is 0.220 e. The van der Waals surface area contributed by atoms with Crippen LogP contribution in [0.4, 0.5) is 0 Å². The summed E-state index contributed by atoms with van der Waals surface area (Å²) in [6.07, 6.45) is 7.67. The van der Waals surface area contributed by atoms with Crippen LogP contribution in [0, 0.1) is 0 Å². The summed E-state index contributed by atoms with van der Waals surface area (Å²) in [5.41, 5.74) is 8.14. The minimum atomic E-state index is -0.0538. The van der Waals surface area contributed by atoms with Gasteiger partial charge in [0.25, 0.3) is 0 Å². The number of carbonyl (C=O) groups excluding carboxylic acids is 2. The van der Waals surface area contributed by atoms with Gasteiger partial charge in [-0.15, -0.1) is 0 Å². The number of nitrogens with one attached hydrogen (secondary N) is 2. The number of hydrogen-bond donors (Lipinski definition) is 2. The van der Waals surface area contributed by atoms with Crippen LogP contribution < -0.4 is 10.6 Å². The molecule has 1 saturated heterocycles. The van der Waals surface area contributed by atoms with Gasteiger partial charge in [-0.3, -0.25) is 9.59 Å². The largest absolute Gasteiger partial charge is 0.356 e. The third-order valence-corrected chi connectivity index (χ3v) is 6.42. The topological polar surface area (TPSA) is 61.4 Å². The second kappa shape index (κ2) is 11.1. The summed E-state index contributed by atoms with van der Waals surface area (Å²) in [6, 6.07) is 17.4. The van der Waals surface area contributed by atoms with Crippen LogP contribution in [0.1, 0.15) is 54.9 Å². The Bertz CT molecular complexity index is 1010. The van der Waals surface area contributed by atoms with E-state index < -0.39 is 0 Å². The fraction of sp³-hybridized carbons (Fsp3) is 0.357. The Balaban J connectivity index is 1.35. The lowest BCUT2D eigenvalue weighted by atomic mass is 9.86. The highest BCUT2D eigenvalue weighted by molar-refractivity contribution is 5.94. The smallest absolute Gasteiger partial charge is 0.220 e. The van der Waals surface area contributed by atoms with Gasteiger partial charge in [0.15, 0.2) is 0 Å². The Kier molecular flexibility index (Phi) is 7.74. The average molecular weight is 444 g/mol. The standard InChI is InChI=1S/C28H33N3O2/c1-21(32)29-16-6-11-27(33)30-17-20-31-18-14-24(15-19-31)28-25-9-4-2-7-22(25)12-13-23-8-3-5-10-26(23)28/h2-5,7-10,12-13H,6,11,14-20H2,1H3,(H,29,32)(H,30,33). The number of piperidine rings is 1. The molecule has 2 aromatic rings. The quantitative estimate of drug-likeness (QED) is 0.541. The first kappa shape index (κ1) is 23.0. The monoisotopic (exact) mass is 443 g/mol. The van der Waals surface area contributed by atoms with E-state index in [1.165, 1.54) is 40.3 Å². The van der Waals surface area contributed by atoms with Crippen molar-refractivity contribution in [1.29, 1.82) is 0 Å². The molecule has 33 heavy (non-hydrogen) atoms. The van der Waals surface area contributed by atoms with Crippen LogP contribution in [-0.2, 0) is 9.59 Å². The van der Waals surface area contributed by atoms with Crippen molar-refractivity contribution in [2.75, 3.05) is 32.7 Å². The molecular formula is C28H33N3O2. The van der Waals surface area contributed by atoms with Crippen molar-refractivity contribution in [2.45, 2.75) is 32.6 Å². The summed E-state index contributed by atoms with van der Waals surface area (Å²) in [7, 11) is 0. The van der Waals surface area contributed by atoms with E-state index in [1.807, 2.05) is 0 Å². The minimum Gasteiger partial charge on any atom is -0.356 e. The lowest BCUT2D eigenvalue weighted by Gasteiger charge is -2.30. The zero-order valence-corrected chi connectivity index (χ0v) is 19.4. The molecule has 2 aromatic carbocycles. The zero-order valence-electron chi connectivity index (χ0n) is 19.4. The van der Waals surface area contributed by atoms with Gasteiger partial charge in [0.1, 0.15) is 0 Å². The predicted molar refractivity (Wildman–Crippen MR) is 134 cm³/mol. The van der Waals surface area contributed by atoms with Crippen molar-refractivity contribution in [1.82, 2.24) is 15.5 Å². The van der Waals surface area contributed by atoms with Crippen molar-refractivity contribution >= 4 is 29.5 Å². The van der Waals surface area contributed by atoms with Gasteiger partial charge in [-0.05, 0) is 47.1 Å². The Morgan fingerprint density at radius 3 is 2.06 bits per heavy atom.